The first-order valence-electron chi connectivity index (χ1n) is 5.94. The topological polar surface area (TPSA) is 76.0 Å². The van der Waals surface area contributed by atoms with Crippen molar-refractivity contribution in [2.45, 2.75) is 33.3 Å². The predicted octanol–water partition coefficient (Wildman–Crippen LogP) is 2.04. The Bertz CT molecular complexity index is 295. The van der Waals surface area contributed by atoms with E-state index in [4.69, 9.17) is 9.78 Å². The van der Waals surface area contributed by atoms with Crippen LogP contribution in [0.4, 0.5) is 0 Å². The van der Waals surface area contributed by atoms with Crippen molar-refractivity contribution < 1.29 is 24.1 Å². The van der Waals surface area contributed by atoms with Crippen molar-refractivity contribution >= 4 is 7.60 Å². The molecule has 0 amide bonds. The van der Waals surface area contributed by atoms with Crippen LogP contribution in [0.3, 0.4) is 0 Å². The number of rotatable bonds is 6. The van der Waals surface area contributed by atoms with Crippen molar-refractivity contribution in [2.75, 3.05) is 13.3 Å². The molecule has 1 fully saturated rings. The highest BCUT2D eigenvalue weighted by Crippen LogP contribution is 2.61. The minimum atomic E-state index is -3.68. The highest BCUT2D eigenvalue weighted by Gasteiger charge is 2.69. The number of hydrogen-bond donors (Lipinski definition) is 2. The SMILES string of the molecule is CC(C)C1C(C(C)C)C1(CO)OOP(C)(=O)O. The Morgan fingerprint density at radius 2 is 1.65 bits per heavy atom. The Morgan fingerprint density at radius 3 is 1.88 bits per heavy atom. The lowest BCUT2D eigenvalue weighted by Crippen LogP contribution is -2.26. The summed E-state index contributed by atoms with van der Waals surface area (Å²) in [4.78, 5) is 14.2. The maximum absolute atomic E-state index is 11.1. The molecular formula is C11H23O5P. The molecular weight excluding hydrogens is 243 g/mol. The molecule has 0 spiro atoms. The van der Waals surface area contributed by atoms with E-state index in [2.05, 4.69) is 4.67 Å². The monoisotopic (exact) mass is 266 g/mol. The Hall–Kier alpha value is 0.0700. The molecule has 3 atom stereocenters. The summed E-state index contributed by atoms with van der Waals surface area (Å²) in [7, 11) is -3.68. The predicted molar refractivity (Wildman–Crippen MR) is 64.4 cm³/mol. The van der Waals surface area contributed by atoms with Crippen molar-refractivity contribution in [3.8, 4) is 0 Å². The molecule has 0 radical (unpaired) electrons. The molecule has 0 heterocycles. The smallest absolute Gasteiger partial charge is 0.352 e. The van der Waals surface area contributed by atoms with Crippen LogP contribution in [0.25, 0.3) is 0 Å². The molecule has 1 aliphatic rings. The summed E-state index contributed by atoms with van der Waals surface area (Å²) in [5.41, 5.74) is -0.823. The first kappa shape index (κ1) is 15.1. The molecule has 0 bridgehead atoms. The summed E-state index contributed by atoms with van der Waals surface area (Å²) < 4.78 is 15.6. The lowest BCUT2D eigenvalue weighted by molar-refractivity contribution is -0.281. The van der Waals surface area contributed by atoms with Gasteiger partial charge in [-0.15, -0.1) is 4.67 Å². The van der Waals surface area contributed by atoms with Crippen LogP contribution in [0.1, 0.15) is 27.7 Å². The van der Waals surface area contributed by atoms with E-state index in [-0.39, 0.29) is 18.4 Å². The molecule has 2 N–H and O–H groups in total. The third kappa shape index (κ3) is 3.09. The van der Waals surface area contributed by atoms with E-state index in [1.165, 1.54) is 0 Å². The molecule has 0 saturated heterocycles. The molecule has 1 aliphatic carbocycles. The van der Waals surface area contributed by atoms with Gasteiger partial charge in [-0.25, -0.2) is 4.89 Å². The van der Waals surface area contributed by atoms with Gasteiger partial charge in [0.15, 0.2) is 0 Å². The molecule has 0 aromatic carbocycles. The van der Waals surface area contributed by atoms with E-state index in [1.54, 1.807) is 0 Å². The maximum Gasteiger partial charge on any atom is 0.352 e. The molecule has 102 valence electrons. The van der Waals surface area contributed by atoms with E-state index in [1.807, 2.05) is 27.7 Å². The van der Waals surface area contributed by atoms with E-state index in [9.17, 15) is 9.67 Å². The fourth-order valence-corrected chi connectivity index (χ4v) is 3.20. The van der Waals surface area contributed by atoms with Gasteiger partial charge >= 0.3 is 7.60 Å². The van der Waals surface area contributed by atoms with Crippen molar-refractivity contribution in [1.29, 1.82) is 0 Å². The standard InChI is InChI=1S/C11H23O5P/c1-7(2)9-10(8(3)4)11(9,6-12)15-16-17(5,13)14/h7-10,12H,6H2,1-5H3,(H,13,14). The van der Waals surface area contributed by atoms with Gasteiger partial charge < -0.3 is 10.00 Å². The second-order valence-corrected chi connectivity index (χ2v) is 7.37. The third-order valence-corrected chi connectivity index (χ3v) is 3.77. The van der Waals surface area contributed by atoms with E-state index in [0.29, 0.717) is 11.8 Å². The molecule has 1 saturated carbocycles. The van der Waals surface area contributed by atoms with Gasteiger partial charge in [-0.2, -0.15) is 0 Å². The van der Waals surface area contributed by atoms with E-state index in [0.717, 1.165) is 6.66 Å². The van der Waals surface area contributed by atoms with Crippen LogP contribution >= 0.6 is 7.60 Å². The first-order chi connectivity index (χ1) is 7.65. The Labute approximate surface area is 103 Å². The molecule has 0 aliphatic heterocycles. The average molecular weight is 266 g/mol. The van der Waals surface area contributed by atoms with Crippen LogP contribution in [0, 0.1) is 23.7 Å². The molecule has 1 rings (SSSR count). The third-order valence-electron chi connectivity index (χ3n) is 3.42. The van der Waals surface area contributed by atoms with Gasteiger partial charge in [0.05, 0.1) is 6.61 Å². The zero-order chi connectivity index (χ0) is 13.4. The van der Waals surface area contributed by atoms with Gasteiger partial charge in [-0.3, -0.25) is 4.57 Å². The van der Waals surface area contributed by atoms with Crippen molar-refractivity contribution in [3.63, 3.8) is 0 Å². The van der Waals surface area contributed by atoms with Gasteiger partial charge in [0.2, 0.25) is 0 Å². The van der Waals surface area contributed by atoms with Crippen molar-refractivity contribution in [3.05, 3.63) is 0 Å². The van der Waals surface area contributed by atoms with E-state index >= 15 is 0 Å². The number of aliphatic hydroxyl groups is 1. The first-order valence-corrected chi connectivity index (χ1v) is 7.96. The fourth-order valence-electron chi connectivity index (χ4n) is 2.92. The van der Waals surface area contributed by atoms with Crippen LogP contribution in [0.15, 0.2) is 0 Å². The lowest BCUT2D eigenvalue weighted by atomic mass is 10.0. The number of hydrogen-bond acceptors (Lipinski definition) is 4. The zero-order valence-corrected chi connectivity index (χ0v) is 12.0. The Kier molecular flexibility index (Phi) is 4.43. The van der Waals surface area contributed by atoms with Gasteiger partial charge in [0.25, 0.3) is 0 Å². The van der Waals surface area contributed by atoms with Gasteiger partial charge in [-0.05, 0) is 11.8 Å². The minimum Gasteiger partial charge on any atom is -0.393 e. The summed E-state index contributed by atoms with van der Waals surface area (Å²) in [5, 5.41) is 9.52. The van der Waals surface area contributed by atoms with Crippen LogP contribution in [0.2, 0.25) is 0 Å². The molecule has 6 heteroatoms. The highest BCUT2D eigenvalue weighted by atomic mass is 31.2. The molecule has 0 aromatic rings. The van der Waals surface area contributed by atoms with Gasteiger partial charge in [0.1, 0.15) is 5.60 Å². The zero-order valence-electron chi connectivity index (χ0n) is 11.1. The summed E-state index contributed by atoms with van der Waals surface area (Å²) in [6.07, 6.45) is 0. The van der Waals surface area contributed by atoms with Crippen LogP contribution in [-0.2, 0) is 14.1 Å². The van der Waals surface area contributed by atoms with Crippen LogP contribution in [-0.4, -0.2) is 28.9 Å². The van der Waals surface area contributed by atoms with Crippen LogP contribution in [0.5, 0.6) is 0 Å². The lowest BCUT2D eigenvalue weighted by Gasteiger charge is -2.18. The van der Waals surface area contributed by atoms with Crippen molar-refractivity contribution in [2.24, 2.45) is 23.7 Å². The average Bonchev–Trinajstić information content (AvgIpc) is 2.83. The second kappa shape index (κ2) is 4.98. The normalized spacial score (nSPS) is 36.3. The van der Waals surface area contributed by atoms with Crippen LogP contribution < -0.4 is 0 Å². The van der Waals surface area contributed by atoms with Gasteiger partial charge in [-0.1, -0.05) is 27.7 Å². The highest BCUT2D eigenvalue weighted by molar-refractivity contribution is 7.51. The molecule has 3 unspecified atom stereocenters. The van der Waals surface area contributed by atoms with Crippen molar-refractivity contribution in [1.82, 2.24) is 0 Å². The Balaban J connectivity index is 2.78. The quantitative estimate of drug-likeness (QED) is 0.437. The molecule has 17 heavy (non-hydrogen) atoms. The largest absolute Gasteiger partial charge is 0.393 e. The summed E-state index contributed by atoms with van der Waals surface area (Å²) in [5.74, 6) is 0.958. The minimum absolute atomic E-state index is 0.152. The maximum atomic E-state index is 11.1. The van der Waals surface area contributed by atoms with Gasteiger partial charge in [0, 0.05) is 18.5 Å². The summed E-state index contributed by atoms with van der Waals surface area (Å²) in [6.45, 7) is 9.06. The summed E-state index contributed by atoms with van der Waals surface area (Å²) in [6, 6.07) is 0. The molecule has 0 aromatic heterocycles. The fraction of sp³-hybridized carbons (Fsp3) is 1.00. The molecule has 5 nitrogen and oxygen atoms in total. The number of aliphatic hydroxyl groups excluding tert-OH is 1. The Morgan fingerprint density at radius 1 is 1.24 bits per heavy atom. The second-order valence-electron chi connectivity index (χ2n) is 5.61. The summed E-state index contributed by atoms with van der Waals surface area (Å²) >= 11 is 0. The van der Waals surface area contributed by atoms with E-state index < -0.39 is 13.2 Å².